The van der Waals surface area contributed by atoms with E-state index in [1.165, 1.54) is 0 Å². The topological polar surface area (TPSA) is 38.9 Å². The fourth-order valence-corrected chi connectivity index (χ4v) is 2.05. The Bertz CT molecular complexity index is 546. The molecule has 1 aromatic heterocycles. The molecule has 0 unspecified atom stereocenters. The molecular formula is C12H11Cl3N2O. The first-order valence-corrected chi connectivity index (χ1v) is 6.59. The molecule has 6 heteroatoms. The molecule has 1 heterocycles. The second kappa shape index (κ2) is 5.08. The van der Waals surface area contributed by atoms with E-state index in [-0.39, 0.29) is 5.41 Å². The highest BCUT2D eigenvalue weighted by Gasteiger charge is 2.27. The molecule has 0 saturated heterocycles. The second-order valence-electron chi connectivity index (χ2n) is 4.54. The fourth-order valence-electron chi connectivity index (χ4n) is 1.37. The number of hydrogen-bond acceptors (Lipinski definition) is 3. The van der Waals surface area contributed by atoms with Gasteiger partial charge in [0.1, 0.15) is 0 Å². The van der Waals surface area contributed by atoms with Gasteiger partial charge in [0.25, 0.3) is 0 Å². The molecule has 0 atom stereocenters. The number of rotatable bonds is 3. The Morgan fingerprint density at radius 3 is 2.39 bits per heavy atom. The zero-order valence-electron chi connectivity index (χ0n) is 9.88. The molecule has 0 N–H and O–H groups in total. The Kier molecular flexibility index (Phi) is 3.85. The lowest BCUT2D eigenvalue weighted by Crippen LogP contribution is -2.19. The molecule has 1 aromatic carbocycles. The van der Waals surface area contributed by atoms with Crippen molar-refractivity contribution in [1.29, 1.82) is 0 Å². The number of nitrogens with zero attached hydrogens (tertiary/aromatic N) is 2. The lowest BCUT2D eigenvalue weighted by molar-refractivity contribution is 0.323. The van der Waals surface area contributed by atoms with Crippen molar-refractivity contribution in [2.75, 3.05) is 5.88 Å². The van der Waals surface area contributed by atoms with Crippen molar-refractivity contribution < 1.29 is 4.52 Å². The van der Waals surface area contributed by atoms with Crippen molar-refractivity contribution in [3.8, 4) is 11.4 Å². The van der Waals surface area contributed by atoms with E-state index in [2.05, 4.69) is 10.1 Å². The van der Waals surface area contributed by atoms with Crippen molar-refractivity contribution in [3.63, 3.8) is 0 Å². The maximum atomic E-state index is 6.09. The first-order valence-electron chi connectivity index (χ1n) is 5.30. The summed E-state index contributed by atoms with van der Waals surface area (Å²) in [6, 6.07) is 5.22. The summed E-state index contributed by atoms with van der Waals surface area (Å²) in [6.07, 6.45) is 0. The predicted octanol–water partition coefficient (Wildman–Crippen LogP) is 4.56. The van der Waals surface area contributed by atoms with Crippen LogP contribution in [-0.4, -0.2) is 16.0 Å². The van der Waals surface area contributed by atoms with E-state index < -0.39 is 0 Å². The number of alkyl halides is 1. The molecule has 18 heavy (non-hydrogen) atoms. The summed E-state index contributed by atoms with van der Waals surface area (Å²) in [4.78, 5) is 4.31. The fraction of sp³-hybridized carbons (Fsp3) is 0.333. The summed E-state index contributed by atoms with van der Waals surface area (Å²) in [6.45, 7) is 3.84. The summed E-state index contributed by atoms with van der Waals surface area (Å²) in [5.41, 5.74) is 0.182. The highest BCUT2D eigenvalue weighted by Crippen LogP contribution is 2.34. The van der Waals surface area contributed by atoms with Crippen molar-refractivity contribution in [3.05, 3.63) is 34.1 Å². The van der Waals surface area contributed by atoms with Gasteiger partial charge in [-0.05, 0) is 26.0 Å². The van der Waals surface area contributed by atoms with Gasteiger partial charge in [0.2, 0.25) is 11.7 Å². The largest absolute Gasteiger partial charge is 0.338 e. The average Bonchev–Trinajstić information content (AvgIpc) is 2.79. The molecule has 0 aliphatic carbocycles. The maximum absolute atomic E-state index is 6.09. The molecule has 0 aliphatic heterocycles. The van der Waals surface area contributed by atoms with Gasteiger partial charge in [0.15, 0.2) is 0 Å². The van der Waals surface area contributed by atoms with Gasteiger partial charge in [-0.25, -0.2) is 0 Å². The SMILES string of the molecule is CC(C)(CCl)c1nc(-c2c(Cl)cccc2Cl)no1. The van der Waals surface area contributed by atoms with Crippen LogP contribution in [-0.2, 0) is 5.41 Å². The minimum atomic E-state index is -0.388. The predicted molar refractivity (Wildman–Crippen MR) is 73.5 cm³/mol. The highest BCUT2D eigenvalue weighted by atomic mass is 35.5. The summed E-state index contributed by atoms with van der Waals surface area (Å²) >= 11 is 18.0. The van der Waals surface area contributed by atoms with Crippen molar-refractivity contribution in [2.24, 2.45) is 0 Å². The van der Waals surface area contributed by atoms with Crippen LogP contribution >= 0.6 is 34.8 Å². The van der Waals surface area contributed by atoms with Crippen LogP contribution in [0.25, 0.3) is 11.4 Å². The van der Waals surface area contributed by atoms with E-state index in [0.29, 0.717) is 33.2 Å². The van der Waals surface area contributed by atoms with E-state index in [4.69, 9.17) is 39.3 Å². The average molecular weight is 306 g/mol. The van der Waals surface area contributed by atoms with E-state index in [1.807, 2.05) is 13.8 Å². The van der Waals surface area contributed by atoms with Gasteiger partial charge < -0.3 is 4.52 Å². The second-order valence-corrected chi connectivity index (χ2v) is 5.62. The Labute approximate surface area is 120 Å². The quantitative estimate of drug-likeness (QED) is 0.780. The number of halogens is 3. The molecular weight excluding hydrogens is 295 g/mol. The Morgan fingerprint density at radius 1 is 1.22 bits per heavy atom. The van der Waals surface area contributed by atoms with Crippen LogP contribution in [0.15, 0.2) is 22.7 Å². The number of benzene rings is 1. The summed E-state index contributed by atoms with van der Waals surface area (Å²) in [5.74, 6) is 1.22. The third-order valence-electron chi connectivity index (χ3n) is 2.53. The molecule has 0 saturated carbocycles. The molecule has 0 radical (unpaired) electrons. The number of aromatic nitrogens is 2. The third kappa shape index (κ3) is 2.48. The van der Waals surface area contributed by atoms with Crippen LogP contribution in [0.1, 0.15) is 19.7 Å². The molecule has 0 aliphatic rings. The smallest absolute Gasteiger partial charge is 0.233 e. The van der Waals surface area contributed by atoms with Gasteiger partial charge >= 0.3 is 0 Å². The molecule has 96 valence electrons. The normalized spacial score (nSPS) is 11.8. The van der Waals surface area contributed by atoms with E-state index in [1.54, 1.807) is 18.2 Å². The van der Waals surface area contributed by atoms with Crippen LogP contribution in [0.2, 0.25) is 10.0 Å². The number of hydrogen-bond donors (Lipinski definition) is 0. The molecule has 3 nitrogen and oxygen atoms in total. The first-order chi connectivity index (χ1) is 8.45. The minimum Gasteiger partial charge on any atom is -0.338 e. The summed E-state index contributed by atoms with van der Waals surface area (Å²) in [7, 11) is 0. The maximum Gasteiger partial charge on any atom is 0.233 e. The van der Waals surface area contributed by atoms with Crippen molar-refractivity contribution in [1.82, 2.24) is 10.1 Å². The van der Waals surface area contributed by atoms with Crippen LogP contribution in [0, 0.1) is 0 Å². The summed E-state index contributed by atoms with van der Waals surface area (Å²) in [5, 5.41) is 4.88. The Balaban J connectivity index is 2.48. The molecule has 0 spiro atoms. The van der Waals surface area contributed by atoms with Crippen molar-refractivity contribution in [2.45, 2.75) is 19.3 Å². The van der Waals surface area contributed by atoms with Crippen LogP contribution in [0.5, 0.6) is 0 Å². The van der Waals surface area contributed by atoms with Crippen molar-refractivity contribution >= 4 is 34.8 Å². The molecule has 2 aromatic rings. The van der Waals surface area contributed by atoms with E-state index in [0.717, 1.165) is 0 Å². The van der Waals surface area contributed by atoms with E-state index >= 15 is 0 Å². The van der Waals surface area contributed by atoms with Gasteiger partial charge in [0.05, 0.1) is 21.0 Å². The molecule has 0 bridgehead atoms. The Morgan fingerprint density at radius 2 is 1.83 bits per heavy atom. The molecule has 2 rings (SSSR count). The van der Waals surface area contributed by atoms with Gasteiger partial charge in [-0.15, -0.1) is 11.6 Å². The van der Waals surface area contributed by atoms with Crippen LogP contribution < -0.4 is 0 Å². The standard InChI is InChI=1S/C12H11Cl3N2O/c1-12(2,6-13)11-16-10(17-18-11)9-7(14)4-3-5-8(9)15/h3-5H,6H2,1-2H3. The first kappa shape index (κ1) is 13.7. The van der Waals surface area contributed by atoms with Crippen LogP contribution in [0.3, 0.4) is 0 Å². The molecule has 0 amide bonds. The molecule has 0 fully saturated rings. The monoisotopic (exact) mass is 304 g/mol. The Hall–Kier alpha value is -0.770. The van der Waals surface area contributed by atoms with Gasteiger partial charge in [0, 0.05) is 5.88 Å². The third-order valence-corrected chi connectivity index (χ3v) is 3.82. The lowest BCUT2D eigenvalue weighted by atomic mass is 9.96. The van der Waals surface area contributed by atoms with Gasteiger partial charge in [-0.2, -0.15) is 4.98 Å². The minimum absolute atomic E-state index is 0.374. The van der Waals surface area contributed by atoms with Gasteiger partial charge in [-0.3, -0.25) is 0 Å². The van der Waals surface area contributed by atoms with E-state index in [9.17, 15) is 0 Å². The summed E-state index contributed by atoms with van der Waals surface area (Å²) < 4.78 is 5.22. The lowest BCUT2D eigenvalue weighted by Gasteiger charge is -2.14. The zero-order valence-corrected chi connectivity index (χ0v) is 12.1. The zero-order chi connectivity index (χ0) is 13.3. The van der Waals surface area contributed by atoms with Gasteiger partial charge in [-0.1, -0.05) is 34.4 Å². The van der Waals surface area contributed by atoms with Crippen LogP contribution in [0.4, 0.5) is 0 Å². The highest BCUT2D eigenvalue weighted by molar-refractivity contribution is 6.38.